The molecule has 0 spiro atoms. The molecule has 1 unspecified atom stereocenters. The molecule has 4 aliphatic heterocycles. The van der Waals surface area contributed by atoms with Gasteiger partial charge in [-0.1, -0.05) is 12.1 Å². The molecular formula is C56H61O31+. The second kappa shape index (κ2) is 27.8. The fourth-order valence-corrected chi connectivity index (χ4v) is 9.21. The maximum atomic E-state index is 13.1. The van der Waals surface area contributed by atoms with E-state index in [0.717, 1.165) is 42.5 Å². The summed E-state index contributed by atoms with van der Waals surface area (Å²) in [5.74, 6) is -9.53. The molecule has 0 aromatic heterocycles. The fraction of sp³-hybridized carbons (Fsp3) is 0.393. The van der Waals surface area contributed by atoms with Crippen molar-refractivity contribution in [2.24, 2.45) is 0 Å². The van der Waals surface area contributed by atoms with Gasteiger partial charge < -0.3 is 133 Å². The summed E-state index contributed by atoms with van der Waals surface area (Å²) in [4.78, 5) is 49.1. The Balaban J connectivity index is 1.12. The molecule has 16 N–H and O–H groups in total. The standard InChI is InChI=1S/C56H60O31/c1-76-33-11-22(3-7-27(33)58)5-9-40(64)78-19-36-44(68)48(72)51(75)55(85-36)87-53-49(73)46(70)38(20-79-41(65)10-6-23-4-8-28(59)34(12-23)77-2)86-56(53)83-35-17-26-31(81-52(35)24-13-29(60)43(67)30(61)14-24)15-25(57)16-32(26)82-54-50(74)47(71)45(69)37(84-54)21-80-42(66)18-39(62)63/h3-17,36-38,44-61,67-75H,18-21H2,1-2H3,(H,62,63)/p+1/b9-5+,10-6+/t36-,37+,38+,44+,45+,46+,47+,48+,49+,50+,51-,52?,53-,54-,55+,56-/m1/s1. The molecule has 87 heavy (non-hydrogen) atoms. The van der Waals surface area contributed by atoms with Crippen molar-refractivity contribution in [1.29, 1.82) is 0 Å². The van der Waals surface area contributed by atoms with Gasteiger partial charge >= 0.3 is 23.9 Å². The highest BCUT2D eigenvalue weighted by Crippen LogP contribution is 2.49. The van der Waals surface area contributed by atoms with Gasteiger partial charge in [0.25, 0.3) is 11.9 Å². The van der Waals surface area contributed by atoms with Crippen LogP contribution in [0.3, 0.4) is 0 Å². The Labute approximate surface area is 490 Å². The molecule has 3 saturated heterocycles. The Kier molecular flexibility index (Phi) is 20.5. The molecular weight excluding hydrogens is 1170 g/mol. The minimum Gasteiger partial charge on any atom is -0.571 e. The number of ether oxygens (including phenoxy) is 12. The van der Waals surface area contributed by atoms with Gasteiger partial charge in [0.2, 0.25) is 12.6 Å². The number of aromatic hydroxyl groups is 7. The average Bonchev–Trinajstić information content (AvgIpc) is 2.52. The van der Waals surface area contributed by atoms with Gasteiger partial charge in [0.15, 0.2) is 58.4 Å². The molecule has 3 fully saturated rings. The van der Waals surface area contributed by atoms with Crippen LogP contribution in [-0.4, -0.2) is 231 Å². The van der Waals surface area contributed by atoms with Crippen LogP contribution < -0.4 is 14.2 Å². The van der Waals surface area contributed by atoms with Crippen molar-refractivity contribution in [3.05, 3.63) is 101 Å². The summed E-state index contributed by atoms with van der Waals surface area (Å²) in [5, 5.41) is 161. The van der Waals surface area contributed by atoms with E-state index in [4.69, 9.17) is 57.2 Å². The third kappa shape index (κ3) is 15.1. The lowest BCUT2D eigenvalue weighted by Crippen LogP contribution is -2.64. The first-order chi connectivity index (χ1) is 41.3. The molecule has 31 nitrogen and oxygen atoms in total. The number of aliphatic hydroxyl groups is 9. The van der Waals surface area contributed by atoms with Gasteiger partial charge in [0, 0.05) is 24.3 Å². The van der Waals surface area contributed by atoms with Crippen molar-refractivity contribution in [1.82, 2.24) is 0 Å². The van der Waals surface area contributed by atoms with Gasteiger partial charge in [-0.15, -0.1) is 0 Å². The summed E-state index contributed by atoms with van der Waals surface area (Å²) in [6, 6.07) is 12.2. The molecule has 0 amide bonds. The number of hydrogen-bond donors (Lipinski definition) is 15. The zero-order valence-corrected chi connectivity index (χ0v) is 45.5. The topological polar surface area (TPSA) is 486 Å². The van der Waals surface area contributed by atoms with Crippen molar-refractivity contribution in [2.45, 2.75) is 105 Å². The molecule has 0 bridgehead atoms. The van der Waals surface area contributed by atoms with Crippen LogP contribution in [0.2, 0.25) is 0 Å². The quantitative estimate of drug-likeness (QED) is 0.0114. The van der Waals surface area contributed by atoms with Crippen LogP contribution in [0.4, 0.5) is 0 Å². The summed E-state index contributed by atoms with van der Waals surface area (Å²) < 4.78 is 66.4. The van der Waals surface area contributed by atoms with Gasteiger partial charge in [0.05, 0.1) is 25.8 Å². The molecule has 4 heterocycles. The SMILES string of the molecule is COc1cc(/C=C/C(=O)OC[C@@H]2O[C@@H](OC3=Cc4c(O[C@@H]5O[C@@H](COC(=O)CC(=O)O)[C@H](O)[C@H](O)[C@@H]5O)cc(O)cc4[OH+]C3c3cc(O)c(O)c(O)c3)[C@H](O[C@@H]3O[C@H](COC(=O)/C=C/c4ccc(O)c(OC)c4)[C@H](O)[C@H](O)[C@H]3O)[C@@H](O)[C@H]2O)ccc1O. The van der Waals surface area contributed by atoms with Gasteiger partial charge in [-0.3, -0.25) is 9.59 Å². The Bertz CT molecular complexity index is 3210. The van der Waals surface area contributed by atoms with Crippen molar-refractivity contribution in [3.8, 4) is 57.5 Å². The molecule has 16 atom stereocenters. The van der Waals surface area contributed by atoms with Crippen LogP contribution in [0.15, 0.2) is 78.6 Å². The number of phenols is 6. The smallest absolute Gasteiger partial charge is 0.330 e. The van der Waals surface area contributed by atoms with E-state index in [1.165, 1.54) is 62.8 Å². The second-order valence-corrected chi connectivity index (χ2v) is 19.8. The molecule has 0 aliphatic carbocycles. The lowest BCUT2D eigenvalue weighted by Gasteiger charge is -2.46. The maximum absolute atomic E-state index is 13.1. The highest BCUT2D eigenvalue weighted by atomic mass is 16.8. The highest BCUT2D eigenvalue weighted by Gasteiger charge is 2.53. The average molecular weight is 1230 g/mol. The Morgan fingerprint density at radius 2 is 1.03 bits per heavy atom. The largest absolute Gasteiger partial charge is 0.571 e. The van der Waals surface area contributed by atoms with E-state index in [0.29, 0.717) is 11.1 Å². The van der Waals surface area contributed by atoms with Gasteiger partial charge in [-0.2, -0.15) is 0 Å². The fourth-order valence-electron chi connectivity index (χ4n) is 9.21. The Morgan fingerprint density at radius 3 is 1.56 bits per heavy atom. The predicted octanol–water partition coefficient (Wildman–Crippen LogP) is -1.35. The number of hydrogen-bond acceptors (Lipinski definition) is 29. The number of carboxylic acids is 1. The minimum atomic E-state index is -2.24. The number of fused-ring (bicyclic) bond motifs is 1. The normalized spacial score (nSPS) is 28.8. The zero-order valence-electron chi connectivity index (χ0n) is 45.5. The molecule has 8 rings (SSSR count). The zero-order chi connectivity index (χ0) is 63.1. The van der Waals surface area contributed by atoms with Crippen LogP contribution in [0.25, 0.3) is 18.2 Å². The van der Waals surface area contributed by atoms with E-state index in [2.05, 4.69) is 4.74 Å². The van der Waals surface area contributed by atoms with Crippen LogP contribution in [0.5, 0.6) is 57.5 Å². The van der Waals surface area contributed by atoms with Crippen molar-refractivity contribution in [2.75, 3.05) is 34.0 Å². The summed E-state index contributed by atoms with van der Waals surface area (Å²) in [6.45, 7) is -2.53. The summed E-state index contributed by atoms with van der Waals surface area (Å²) in [6.07, 6.45) is -27.4. The van der Waals surface area contributed by atoms with Crippen LogP contribution in [0, 0.1) is 0 Å². The molecule has 470 valence electrons. The number of aliphatic hydroxyl groups excluding tert-OH is 8. The van der Waals surface area contributed by atoms with Crippen molar-refractivity contribution < 1.29 is 153 Å². The number of carbonyl (C=O) groups is 4. The summed E-state index contributed by atoms with van der Waals surface area (Å²) >= 11 is 0. The number of rotatable bonds is 21. The predicted molar refractivity (Wildman–Crippen MR) is 285 cm³/mol. The summed E-state index contributed by atoms with van der Waals surface area (Å²) in [5.41, 5.74) is 0.381. The number of methoxy groups -OCH3 is 2. The molecule has 4 aromatic rings. The molecule has 31 heteroatoms. The third-order valence-electron chi connectivity index (χ3n) is 13.8. The molecule has 4 aliphatic rings. The number of carboxylic acid groups (broad SMARTS) is 1. The lowest BCUT2D eigenvalue weighted by atomic mass is 9.97. The molecule has 0 radical (unpaired) electrons. The van der Waals surface area contributed by atoms with Crippen LogP contribution in [-0.2, 0) is 57.1 Å². The van der Waals surface area contributed by atoms with Crippen molar-refractivity contribution in [3.63, 3.8) is 0 Å². The summed E-state index contributed by atoms with van der Waals surface area (Å²) in [7, 11) is 2.61. The van der Waals surface area contributed by atoms with E-state index < -0.39 is 183 Å². The Hall–Kier alpha value is -8.70. The monoisotopic (exact) mass is 1230 g/mol. The van der Waals surface area contributed by atoms with E-state index >= 15 is 0 Å². The van der Waals surface area contributed by atoms with E-state index in [1.807, 2.05) is 0 Å². The first-order valence-electron chi connectivity index (χ1n) is 26.1. The number of benzene rings is 4. The van der Waals surface area contributed by atoms with Gasteiger partial charge in [-0.25, -0.2) is 9.59 Å². The third-order valence-corrected chi connectivity index (χ3v) is 13.8. The van der Waals surface area contributed by atoms with Crippen molar-refractivity contribution >= 4 is 42.1 Å². The van der Waals surface area contributed by atoms with Crippen LogP contribution in [0.1, 0.15) is 34.8 Å². The second-order valence-electron chi connectivity index (χ2n) is 19.8. The molecule has 4 aromatic carbocycles. The van der Waals surface area contributed by atoms with Gasteiger partial charge in [0.1, 0.15) is 110 Å². The number of carbonyl (C=O) groups excluding carboxylic acids is 3. The number of aliphatic carboxylic acids is 1. The Morgan fingerprint density at radius 1 is 0.540 bits per heavy atom. The first kappa shape index (κ1) is 64.3. The number of esters is 3. The number of phenolic OH excluding ortho intramolecular Hbond substituents is 6. The highest BCUT2D eigenvalue weighted by molar-refractivity contribution is 5.90. The first-order valence-corrected chi connectivity index (χ1v) is 26.1. The molecule has 0 saturated carbocycles. The van der Waals surface area contributed by atoms with Crippen LogP contribution >= 0.6 is 0 Å². The van der Waals surface area contributed by atoms with E-state index in [9.17, 15) is 90.7 Å². The maximum Gasteiger partial charge on any atom is 0.330 e. The van der Waals surface area contributed by atoms with E-state index in [1.54, 1.807) is 0 Å². The van der Waals surface area contributed by atoms with E-state index in [-0.39, 0.29) is 39.9 Å². The van der Waals surface area contributed by atoms with Gasteiger partial charge in [-0.05, 0) is 59.7 Å². The minimum absolute atomic E-state index is 0.0751. The lowest BCUT2D eigenvalue weighted by molar-refractivity contribution is -0.364.